The Kier molecular flexibility index (Phi) is 2.42. The van der Waals surface area contributed by atoms with Crippen LogP contribution in [0.2, 0.25) is 0 Å². The van der Waals surface area contributed by atoms with Crippen LogP contribution in [-0.4, -0.2) is 0 Å². The fraction of sp³-hybridized carbons (Fsp3) is 0.0909. The third-order valence-corrected chi connectivity index (χ3v) is 4.95. The molecule has 104 valence electrons. The lowest BCUT2D eigenvalue weighted by molar-refractivity contribution is 1.01. The predicted octanol–water partition coefficient (Wildman–Crippen LogP) is 5.49. The molecule has 1 aliphatic rings. The molecule has 0 radical (unpaired) electrons. The Bertz CT molecular complexity index is 1020. The first-order chi connectivity index (χ1) is 10.9. The molecule has 4 aromatic carbocycles. The predicted molar refractivity (Wildman–Crippen MR) is 93.5 cm³/mol. The van der Waals surface area contributed by atoms with Gasteiger partial charge in [-0.3, -0.25) is 0 Å². The summed E-state index contributed by atoms with van der Waals surface area (Å²) in [4.78, 5) is 0. The molecule has 0 unspecified atom stereocenters. The van der Waals surface area contributed by atoms with Crippen LogP contribution in [0.5, 0.6) is 0 Å². The maximum Gasteiger partial charge on any atom is -0.00198 e. The average molecular weight is 280 g/mol. The smallest absolute Gasteiger partial charge is 0.00198 e. The van der Waals surface area contributed by atoms with Crippen molar-refractivity contribution in [2.24, 2.45) is 0 Å². The van der Waals surface area contributed by atoms with Gasteiger partial charge in [0, 0.05) is 0 Å². The summed E-state index contributed by atoms with van der Waals surface area (Å²) in [5.41, 5.74) is 5.94. The van der Waals surface area contributed by atoms with Crippen molar-refractivity contribution >= 4 is 21.5 Å². The molecule has 0 saturated carbocycles. The van der Waals surface area contributed by atoms with E-state index in [0.717, 1.165) is 12.8 Å². The molecule has 0 atom stereocenters. The van der Waals surface area contributed by atoms with Crippen molar-refractivity contribution < 1.29 is 0 Å². The van der Waals surface area contributed by atoms with Gasteiger partial charge in [0.05, 0.1) is 0 Å². The van der Waals surface area contributed by atoms with E-state index in [0.29, 0.717) is 0 Å². The molecule has 0 nitrogen and oxygen atoms in total. The highest BCUT2D eigenvalue weighted by molar-refractivity contribution is 6.07. The standard InChI is InChI=1S/C22H16/c1-2-7-17-12-20-14-22-18(13-19(20)11-16(17)6-1)10-9-15-5-3-4-8-21(15)22/h1-10,13-14H,11-12H2. The van der Waals surface area contributed by atoms with E-state index in [-0.39, 0.29) is 0 Å². The molecule has 1 aliphatic carbocycles. The maximum absolute atomic E-state index is 2.42. The van der Waals surface area contributed by atoms with E-state index in [4.69, 9.17) is 0 Å². The topological polar surface area (TPSA) is 0 Å². The number of fused-ring (bicyclic) bond motifs is 5. The van der Waals surface area contributed by atoms with Gasteiger partial charge >= 0.3 is 0 Å². The van der Waals surface area contributed by atoms with E-state index in [2.05, 4.69) is 72.8 Å². The zero-order valence-electron chi connectivity index (χ0n) is 12.3. The van der Waals surface area contributed by atoms with Crippen LogP contribution in [0.4, 0.5) is 0 Å². The Balaban J connectivity index is 1.79. The van der Waals surface area contributed by atoms with Gasteiger partial charge in [-0.1, -0.05) is 66.7 Å². The number of hydrogen-bond donors (Lipinski definition) is 0. The zero-order valence-corrected chi connectivity index (χ0v) is 12.3. The van der Waals surface area contributed by atoms with Gasteiger partial charge in [-0.25, -0.2) is 0 Å². The molecule has 0 heteroatoms. The van der Waals surface area contributed by atoms with Gasteiger partial charge in [0.2, 0.25) is 0 Å². The molecule has 5 rings (SSSR count). The first-order valence-corrected chi connectivity index (χ1v) is 7.88. The lowest BCUT2D eigenvalue weighted by atomic mass is 9.84. The SMILES string of the molecule is c1ccc2c(c1)Cc1cc3ccc4ccccc4c3cc1C2. The molecule has 0 spiro atoms. The number of hydrogen-bond acceptors (Lipinski definition) is 0. The largest absolute Gasteiger partial charge is 0.0620 e. The van der Waals surface area contributed by atoms with Gasteiger partial charge in [0.15, 0.2) is 0 Å². The van der Waals surface area contributed by atoms with Crippen LogP contribution < -0.4 is 0 Å². The van der Waals surface area contributed by atoms with Gasteiger partial charge in [0.25, 0.3) is 0 Å². The molecule has 0 saturated heterocycles. The van der Waals surface area contributed by atoms with Crippen LogP contribution in [0.15, 0.2) is 72.8 Å². The van der Waals surface area contributed by atoms with Crippen molar-refractivity contribution in [3.05, 3.63) is 95.1 Å². The molecule has 0 amide bonds. The second-order valence-corrected chi connectivity index (χ2v) is 6.25. The Hall–Kier alpha value is -2.60. The summed E-state index contributed by atoms with van der Waals surface area (Å²) in [7, 11) is 0. The number of benzene rings is 4. The molecule has 4 aromatic rings. The lowest BCUT2D eigenvalue weighted by Gasteiger charge is -2.20. The minimum atomic E-state index is 1.06. The first-order valence-electron chi connectivity index (χ1n) is 7.88. The van der Waals surface area contributed by atoms with E-state index < -0.39 is 0 Å². The lowest BCUT2D eigenvalue weighted by Crippen LogP contribution is -2.07. The van der Waals surface area contributed by atoms with Gasteiger partial charge in [0.1, 0.15) is 0 Å². The van der Waals surface area contributed by atoms with Crippen molar-refractivity contribution in [2.75, 3.05) is 0 Å². The highest BCUT2D eigenvalue weighted by Gasteiger charge is 2.16. The molecule has 0 heterocycles. The molecule has 0 N–H and O–H groups in total. The molecule has 0 aliphatic heterocycles. The Morgan fingerprint density at radius 3 is 1.91 bits per heavy atom. The van der Waals surface area contributed by atoms with Crippen LogP contribution in [0, 0.1) is 0 Å². The van der Waals surface area contributed by atoms with Crippen LogP contribution in [-0.2, 0) is 12.8 Å². The zero-order chi connectivity index (χ0) is 14.5. The highest BCUT2D eigenvalue weighted by atomic mass is 14.2. The minimum Gasteiger partial charge on any atom is -0.0620 e. The second kappa shape index (κ2) is 4.45. The molecule has 0 fully saturated rings. The minimum absolute atomic E-state index is 1.06. The van der Waals surface area contributed by atoms with Crippen LogP contribution >= 0.6 is 0 Å². The Morgan fingerprint density at radius 1 is 0.455 bits per heavy atom. The quantitative estimate of drug-likeness (QED) is 0.329. The average Bonchev–Trinajstić information content (AvgIpc) is 2.58. The van der Waals surface area contributed by atoms with E-state index in [9.17, 15) is 0 Å². The van der Waals surface area contributed by atoms with Crippen molar-refractivity contribution in [3.8, 4) is 0 Å². The summed E-state index contributed by atoms with van der Waals surface area (Å²) in [6.07, 6.45) is 2.12. The van der Waals surface area contributed by atoms with Gasteiger partial charge < -0.3 is 0 Å². The Labute approximate surface area is 130 Å². The third-order valence-electron chi connectivity index (χ3n) is 4.95. The normalized spacial score (nSPS) is 13.1. The summed E-state index contributed by atoms with van der Waals surface area (Å²) < 4.78 is 0. The monoisotopic (exact) mass is 280 g/mol. The molecular formula is C22H16. The first kappa shape index (κ1) is 12.0. The third kappa shape index (κ3) is 1.70. The summed E-state index contributed by atoms with van der Waals surface area (Å²) >= 11 is 0. The summed E-state index contributed by atoms with van der Waals surface area (Å²) in [5, 5.41) is 5.43. The summed E-state index contributed by atoms with van der Waals surface area (Å²) in [6, 6.07) is 26.8. The van der Waals surface area contributed by atoms with E-state index >= 15 is 0 Å². The van der Waals surface area contributed by atoms with Crippen LogP contribution in [0.25, 0.3) is 21.5 Å². The maximum atomic E-state index is 2.42. The Morgan fingerprint density at radius 2 is 1.09 bits per heavy atom. The van der Waals surface area contributed by atoms with Crippen molar-refractivity contribution in [1.82, 2.24) is 0 Å². The van der Waals surface area contributed by atoms with Crippen molar-refractivity contribution in [3.63, 3.8) is 0 Å². The van der Waals surface area contributed by atoms with E-state index in [1.807, 2.05) is 0 Å². The van der Waals surface area contributed by atoms with Crippen molar-refractivity contribution in [1.29, 1.82) is 0 Å². The molecule has 0 bridgehead atoms. The number of rotatable bonds is 0. The fourth-order valence-corrected chi connectivity index (χ4v) is 3.79. The summed E-state index contributed by atoms with van der Waals surface area (Å²) in [6.45, 7) is 0. The van der Waals surface area contributed by atoms with Crippen LogP contribution in [0.1, 0.15) is 22.3 Å². The highest BCUT2D eigenvalue weighted by Crippen LogP contribution is 2.33. The van der Waals surface area contributed by atoms with Gasteiger partial charge in [-0.2, -0.15) is 0 Å². The van der Waals surface area contributed by atoms with Crippen LogP contribution in [0.3, 0.4) is 0 Å². The van der Waals surface area contributed by atoms with Crippen molar-refractivity contribution in [2.45, 2.75) is 12.8 Å². The molecular weight excluding hydrogens is 264 g/mol. The van der Waals surface area contributed by atoms with E-state index in [1.165, 1.54) is 43.8 Å². The van der Waals surface area contributed by atoms with E-state index in [1.54, 1.807) is 0 Å². The second-order valence-electron chi connectivity index (χ2n) is 6.25. The summed E-state index contributed by atoms with van der Waals surface area (Å²) in [5.74, 6) is 0. The van der Waals surface area contributed by atoms with Gasteiger partial charge in [-0.15, -0.1) is 0 Å². The van der Waals surface area contributed by atoms with Gasteiger partial charge in [-0.05, 0) is 62.7 Å². The fourth-order valence-electron chi connectivity index (χ4n) is 3.79. The molecule has 0 aromatic heterocycles. The molecule has 22 heavy (non-hydrogen) atoms.